The van der Waals surface area contributed by atoms with E-state index in [-0.39, 0.29) is 42.8 Å². The summed E-state index contributed by atoms with van der Waals surface area (Å²) in [5.74, 6) is -0.0479. The Hall–Kier alpha value is -2.84. The van der Waals surface area contributed by atoms with Gasteiger partial charge in [0.2, 0.25) is 0 Å². The van der Waals surface area contributed by atoms with E-state index in [0.29, 0.717) is 34.9 Å². The monoisotopic (exact) mass is 513 g/mol. The van der Waals surface area contributed by atoms with Crippen molar-refractivity contribution >= 4 is 17.4 Å². The van der Waals surface area contributed by atoms with E-state index in [4.69, 9.17) is 31.2 Å². The zero-order valence-corrected chi connectivity index (χ0v) is 20.8. The van der Waals surface area contributed by atoms with Gasteiger partial charge in [0.05, 0.1) is 29.6 Å². The lowest BCUT2D eigenvalue weighted by Gasteiger charge is -2.29. The number of benzene rings is 2. The van der Waals surface area contributed by atoms with Gasteiger partial charge in [0.1, 0.15) is 23.8 Å². The van der Waals surface area contributed by atoms with E-state index in [1.54, 1.807) is 37.4 Å². The second-order valence-corrected chi connectivity index (χ2v) is 9.43. The summed E-state index contributed by atoms with van der Waals surface area (Å²) in [5.41, 5.74) is 1.68. The number of nitrogens with zero attached hydrogens (tertiary/aromatic N) is 1. The molecule has 8 heteroatoms. The molecule has 36 heavy (non-hydrogen) atoms. The quantitative estimate of drug-likeness (QED) is 0.319. The van der Waals surface area contributed by atoms with Gasteiger partial charge in [-0.15, -0.1) is 0 Å². The molecule has 1 unspecified atom stereocenters. The molecular weight excluding hydrogens is 485 g/mol. The molecule has 1 fully saturated rings. The maximum Gasteiger partial charge on any atom is 0.163 e. The first-order valence-electron chi connectivity index (χ1n) is 11.9. The number of carbonyl (C=O) groups excluding carboxylic acids is 1. The fourth-order valence-corrected chi connectivity index (χ4v) is 4.49. The number of aliphatic hydroxyl groups excluding tert-OH is 1. The Morgan fingerprint density at radius 2 is 1.92 bits per heavy atom. The van der Waals surface area contributed by atoms with Crippen molar-refractivity contribution in [3.05, 3.63) is 82.3 Å². The highest BCUT2D eigenvalue weighted by Gasteiger charge is 2.46. The number of carbonyl (C=O) groups is 1. The molecule has 0 saturated heterocycles. The Labute approximate surface area is 214 Å². The van der Waals surface area contributed by atoms with E-state index < -0.39 is 11.4 Å². The fourth-order valence-electron chi connectivity index (χ4n) is 4.31. The lowest BCUT2D eigenvalue weighted by Crippen LogP contribution is -2.31. The molecule has 1 aromatic heterocycles. The molecule has 0 radical (unpaired) electrons. The van der Waals surface area contributed by atoms with Crippen molar-refractivity contribution in [2.75, 3.05) is 20.3 Å². The van der Waals surface area contributed by atoms with Crippen LogP contribution >= 0.6 is 11.6 Å². The Bertz CT molecular complexity index is 1220. The minimum absolute atomic E-state index is 0.00508. The third-order valence-electron chi connectivity index (χ3n) is 6.38. The van der Waals surface area contributed by atoms with Gasteiger partial charge in [-0.25, -0.2) is 9.37 Å². The lowest BCUT2D eigenvalue weighted by molar-refractivity contribution is -0.00123. The SMILES string of the molecule is COCc1cc(-c2ccc(F)c(Cl)c2)nc(C(O)(CCC(=O)c2ccc(OCCO)cc2)C2CC2)c1. The van der Waals surface area contributed by atoms with Crippen molar-refractivity contribution in [3.8, 4) is 17.0 Å². The predicted molar refractivity (Wildman–Crippen MR) is 135 cm³/mol. The highest BCUT2D eigenvalue weighted by Crippen LogP contribution is 2.48. The van der Waals surface area contributed by atoms with E-state index in [1.165, 1.54) is 12.1 Å². The number of aromatic nitrogens is 1. The van der Waals surface area contributed by atoms with Crippen LogP contribution in [0.25, 0.3) is 11.3 Å². The maximum atomic E-state index is 13.7. The van der Waals surface area contributed by atoms with Crippen LogP contribution in [0.4, 0.5) is 4.39 Å². The van der Waals surface area contributed by atoms with E-state index in [1.807, 2.05) is 12.1 Å². The van der Waals surface area contributed by atoms with Crippen molar-refractivity contribution < 1.29 is 28.9 Å². The average Bonchev–Trinajstić information content (AvgIpc) is 3.74. The first kappa shape index (κ1) is 26.2. The summed E-state index contributed by atoms with van der Waals surface area (Å²) in [4.78, 5) is 17.7. The van der Waals surface area contributed by atoms with E-state index in [0.717, 1.165) is 18.4 Å². The number of rotatable bonds is 12. The number of halogens is 2. The molecular formula is C28H29ClFNO5. The second-order valence-electron chi connectivity index (χ2n) is 9.03. The Morgan fingerprint density at radius 1 is 1.17 bits per heavy atom. The molecule has 0 aliphatic heterocycles. The molecule has 0 bridgehead atoms. The topological polar surface area (TPSA) is 88.9 Å². The van der Waals surface area contributed by atoms with Gasteiger partial charge in [-0.3, -0.25) is 4.79 Å². The minimum Gasteiger partial charge on any atom is -0.491 e. The normalized spacial score (nSPS) is 14.9. The molecule has 190 valence electrons. The highest BCUT2D eigenvalue weighted by molar-refractivity contribution is 6.31. The van der Waals surface area contributed by atoms with Gasteiger partial charge in [0, 0.05) is 24.7 Å². The van der Waals surface area contributed by atoms with Crippen LogP contribution in [0.1, 0.15) is 47.3 Å². The molecule has 2 aromatic carbocycles. The number of pyridine rings is 1. The predicted octanol–water partition coefficient (Wildman–Crippen LogP) is 5.32. The largest absolute Gasteiger partial charge is 0.491 e. The van der Waals surface area contributed by atoms with Crippen LogP contribution in [-0.4, -0.2) is 41.3 Å². The summed E-state index contributed by atoms with van der Waals surface area (Å²) in [5, 5.41) is 20.7. The van der Waals surface area contributed by atoms with E-state index in [9.17, 15) is 14.3 Å². The number of aliphatic hydroxyl groups is 2. The number of ketones is 1. The smallest absolute Gasteiger partial charge is 0.163 e. The van der Waals surface area contributed by atoms with Crippen molar-refractivity contribution in [1.82, 2.24) is 4.98 Å². The van der Waals surface area contributed by atoms with Gasteiger partial charge in [0.25, 0.3) is 0 Å². The first-order valence-corrected chi connectivity index (χ1v) is 12.3. The maximum absolute atomic E-state index is 13.7. The van der Waals surface area contributed by atoms with Crippen LogP contribution in [-0.2, 0) is 16.9 Å². The molecule has 0 spiro atoms. The van der Waals surface area contributed by atoms with Crippen molar-refractivity contribution in [1.29, 1.82) is 0 Å². The highest BCUT2D eigenvalue weighted by atomic mass is 35.5. The number of methoxy groups -OCH3 is 1. The van der Waals surface area contributed by atoms with Crippen LogP contribution in [0.5, 0.6) is 5.75 Å². The van der Waals surface area contributed by atoms with Gasteiger partial charge in [-0.2, -0.15) is 0 Å². The molecule has 4 rings (SSSR count). The Morgan fingerprint density at radius 3 is 2.56 bits per heavy atom. The van der Waals surface area contributed by atoms with E-state index >= 15 is 0 Å². The zero-order chi connectivity index (χ0) is 25.7. The van der Waals surface area contributed by atoms with Crippen LogP contribution < -0.4 is 4.74 Å². The summed E-state index contributed by atoms with van der Waals surface area (Å²) in [6.45, 7) is 0.404. The van der Waals surface area contributed by atoms with Crippen LogP contribution in [0.15, 0.2) is 54.6 Å². The molecule has 1 aliphatic rings. The van der Waals surface area contributed by atoms with Crippen LogP contribution in [0, 0.1) is 11.7 Å². The van der Waals surface area contributed by atoms with Crippen LogP contribution in [0.3, 0.4) is 0 Å². The van der Waals surface area contributed by atoms with Crippen molar-refractivity contribution in [2.24, 2.45) is 5.92 Å². The standard InChI is InChI=1S/C28H29ClFNO5/c1-35-17-18-14-25(20-4-9-24(30)23(29)16-20)31-27(15-18)28(34,21-5-6-21)11-10-26(33)19-2-7-22(8-3-19)36-13-12-32/h2-4,7-9,14-16,21,32,34H,5-6,10-13,17H2,1H3. The zero-order valence-electron chi connectivity index (χ0n) is 20.0. The molecule has 2 N–H and O–H groups in total. The summed E-state index contributed by atoms with van der Waals surface area (Å²) in [6, 6.07) is 14.8. The molecule has 1 atom stereocenters. The van der Waals surface area contributed by atoms with E-state index in [2.05, 4.69) is 0 Å². The third-order valence-corrected chi connectivity index (χ3v) is 6.67. The van der Waals surface area contributed by atoms with Crippen molar-refractivity contribution in [2.45, 2.75) is 37.9 Å². The Balaban J connectivity index is 1.59. The minimum atomic E-state index is -1.29. The lowest BCUT2D eigenvalue weighted by atomic mass is 9.85. The summed E-state index contributed by atoms with van der Waals surface area (Å²) < 4.78 is 24.4. The summed E-state index contributed by atoms with van der Waals surface area (Å²) >= 11 is 6.00. The Kier molecular flexibility index (Phi) is 8.36. The van der Waals surface area contributed by atoms with Gasteiger partial charge in [-0.05, 0) is 85.3 Å². The molecule has 1 heterocycles. The van der Waals surface area contributed by atoms with Gasteiger partial charge in [-0.1, -0.05) is 11.6 Å². The summed E-state index contributed by atoms with van der Waals surface area (Å²) in [6.07, 6.45) is 2.04. The molecule has 3 aromatic rings. The number of hydrogen-bond acceptors (Lipinski definition) is 6. The number of hydrogen-bond donors (Lipinski definition) is 2. The fraction of sp³-hybridized carbons (Fsp3) is 0.357. The average molecular weight is 514 g/mol. The first-order chi connectivity index (χ1) is 17.3. The number of Topliss-reactive ketones (excluding diaryl/α,β-unsaturated/α-hetero) is 1. The summed E-state index contributed by atoms with van der Waals surface area (Å²) in [7, 11) is 1.58. The molecule has 1 saturated carbocycles. The third kappa shape index (κ3) is 6.10. The molecule has 6 nitrogen and oxygen atoms in total. The number of ether oxygens (including phenoxy) is 2. The molecule has 1 aliphatic carbocycles. The van der Waals surface area contributed by atoms with Gasteiger partial charge in [0.15, 0.2) is 5.78 Å². The van der Waals surface area contributed by atoms with Crippen molar-refractivity contribution in [3.63, 3.8) is 0 Å². The second kappa shape index (κ2) is 11.5. The van der Waals surface area contributed by atoms with Gasteiger partial charge < -0.3 is 19.7 Å². The molecule has 0 amide bonds. The van der Waals surface area contributed by atoms with Gasteiger partial charge >= 0.3 is 0 Å². The van der Waals surface area contributed by atoms with Crippen LogP contribution in [0.2, 0.25) is 5.02 Å².